The van der Waals surface area contributed by atoms with Gasteiger partial charge < -0.3 is 5.11 Å². The smallest absolute Gasteiger partial charge is 0.123 e. The van der Waals surface area contributed by atoms with E-state index in [0.717, 1.165) is 17.4 Å². The molecular weight excluding hydrogens is 227 g/mol. The SMILES string of the molecule is Oc1ccc(F)cc1C1C2CC3CC(C2)CC1C3. The molecule has 2 heteroatoms. The maximum absolute atomic E-state index is 13.5. The molecule has 0 aliphatic heterocycles. The monoisotopic (exact) mass is 246 g/mol. The van der Waals surface area contributed by atoms with E-state index in [-0.39, 0.29) is 5.82 Å². The van der Waals surface area contributed by atoms with Crippen LogP contribution >= 0.6 is 0 Å². The van der Waals surface area contributed by atoms with Gasteiger partial charge in [-0.2, -0.15) is 0 Å². The maximum atomic E-state index is 13.5. The van der Waals surface area contributed by atoms with E-state index in [0.29, 0.717) is 23.5 Å². The molecule has 0 amide bonds. The third-order valence-corrected chi connectivity index (χ3v) is 5.58. The van der Waals surface area contributed by atoms with Crippen LogP contribution in [0.1, 0.15) is 43.6 Å². The highest BCUT2D eigenvalue weighted by atomic mass is 19.1. The summed E-state index contributed by atoms with van der Waals surface area (Å²) >= 11 is 0. The molecule has 0 heterocycles. The number of hydrogen-bond donors (Lipinski definition) is 1. The molecule has 1 aromatic carbocycles. The molecule has 0 spiro atoms. The normalized spacial score (nSPS) is 41.3. The summed E-state index contributed by atoms with van der Waals surface area (Å²) in [6, 6.07) is 4.45. The first-order valence-electron chi connectivity index (χ1n) is 7.19. The van der Waals surface area contributed by atoms with Gasteiger partial charge in [0, 0.05) is 5.56 Å². The molecule has 4 fully saturated rings. The molecule has 4 aliphatic rings. The second-order valence-electron chi connectivity index (χ2n) is 6.66. The molecule has 4 bridgehead atoms. The largest absolute Gasteiger partial charge is 0.508 e. The van der Waals surface area contributed by atoms with Gasteiger partial charge in [0.25, 0.3) is 0 Å². The van der Waals surface area contributed by atoms with Crippen molar-refractivity contribution in [3.8, 4) is 5.75 Å². The standard InChI is InChI=1S/C16H19FO/c17-13-1-2-15(18)14(8-13)16-11-4-9-3-10(6-11)7-12(16)5-9/h1-2,8-12,16,18H,3-7H2. The van der Waals surface area contributed by atoms with Gasteiger partial charge >= 0.3 is 0 Å². The number of rotatable bonds is 1. The van der Waals surface area contributed by atoms with Gasteiger partial charge in [0.05, 0.1) is 0 Å². The quantitative estimate of drug-likeness (QED) is 0.792. The number of phenols is 1. The minimum absolute atomic E-state index is 0.211. The van der Waals surface area contributed by atoms with Crippen molar-refractivity contribution in [2.24, 2.45) is 23.7 Å². The van der Waals surface area contributed by atoms with Gasteiger partial charge in [0.2, 0.25) is 0 Å². The Balaban J connectivity index is 1.74. The molecule has 4 saturated carbocycles. The molecule has 1 N–H and O–H groups in total. The molecule has 0 aromatic heterocycles. The Labute approximate surface area is 107 Å². The zero-order valence-electron chi connectivity index (χ0n) is 10.5. The summed E-state index contributed by atoms with van der Waals surface area (Å²) in [5.41, 5.74) is 0.879. The number of aromatic hydroxyl groups is 1. The van der Waals surface area contributed by atoms with Crippen LogP contribution in [-0.2, 0) is 0 Å². The first kappa shape index (κ1) is 10.8. The topological polar surface area (TPSA) is 20.2 Å². The predicted octanol–water partition coefficient (Wildman–Crippen LogP) is 4.07. The zero-order chi connectivity index (χ0) is 12.3. The van der Waals surface area contributed by atoms with Gasteiger partial charge in [-0.05, 0) is 79.9 Å². The highest BCUT2D eigenvalue weighted by molar-refractivity contribution is 5.37. The fourth-order valence-corrected chi connectivity index (χ4v) is 5.23. The van der Waals surface area contributed by atoms with Crippen molar-refractivity contribution in [1.29, 1.82) is 0 Å². The van der Waals surface area contributed by atoms with Crippen LogP contribution in [0.15, 0.2) is 18.2 Å². The van der Waals surface area contributed by atoms with Crippen molar-refractivity contribution in [2.45, 2.75) is 38.0 Å². The van der Waals surface area contributed by atoms with E-state index in [1.807, 2.05) is 0 Å². The summed E-state index contributed by atoms with van der Waals surface area (Å²) in [6.07, 6.45) is 6.62. The molecule has 0 atom stereocenters. The first-order chi connectivity index (χ1) is 8.70. The molecule has 0 saturated heterocycles. The Kier molecular flexibility index (Phi) is 2.24. The van der Waals surface area contributed by atoms with Crippen LogP contribution in [0.5, 0.6) is 5.75 Å². The highest BCUT2D eigenvalue weighted by Crippen LogP contribution is 2.60. The lowest BCUT2D eigenvalue weighted by molar-refractivity contribution is -0.00355. The van der Waals surface area contributed by atoms with Crippen molar-refractivity contribution in [3.63, 3.8) is 0 Å². The van der Waals surface area contributed by atoms with Crippen LogP contribution in [0.2, 0.25) is 0 Å². The summed E-state index contributed by atoms with van der Waals surface area (Å²) < 4.78 is 13.5. The van der Waals surface area contributed by atoms with Gasteiger partial charge in [-0.1, -0.05) is 0 Å². The summed E-state index contributed by atoms with van der Waals surface area (Å²) in [6.45, 7) is 0. The molecular formula is C16H19FO. The summed E-state index contributed by atoms with van der Waals surface area (Å²) in [5, 5.41) is 10.1. The van der Waals surface area contributed by atoms with Crippen LogP contribution in [0, 0.1) is 29.5 Å². The van der Waals surface area contributed by atoms with Crippen molar-refractivity contribution in [1.82, 2.24) is 0 Å². The second kappa shape index (κ2) is 3.72. The summed E-state index contributed by atoms with van der Waals surface area (Å²) in [7, 11) is 0. The molecule has 18 heavy (non-hydrogen) atoms. The van der Waals surface area contributed by atoms with Crippen molar-refractivity contribution < 1.29 is 9.50 Å². The number of halogens is 1. The van der Waals surface area contributed by atoms with E-state index in [4.69, 9.17) is 0 Å². The van der Waals surface area contributed by atoms with E-state index in [9.17, 15) is 9.50 Å². The molecule has 0 unspecified atom stereocenters. The summed E-state index contributed by atoms with van der Waals surface area (Å²) in [5.74, 6) is 3.71. The lowest BCUT2D eigenvalue weighted by Gasteiger charge is -2.54. The Morgan fingerprint density at radius 3 is 2.17 bits per heavy atom. The van der Waals surface area contributed by atoms with Crippen molar-refractivity contribution >= 4 is 0 Å². The lowest BCUT2D eigenvalue weighted by Crippen LogP contribution is -2.43. The lowest BCUT2D eigenvalue weighted by atomic mass is 9.50. The van der Waals surface area contributed by atoms with Crippen LogP contribution < -0.4 is 0 Å². The summed E-state index contributed by atoms with van der Waals surface area (Å²) in [4.78, 5) is 0. The first-order valence-corrected chi connectivity index (χ1v) is 7.19. The zero-order valence-corrected chi connectivity index (χ0v) is 10.5. The van der Waals surface area contributed by atoms with Crippen LogP contribution in [0.25, 0.3) is 0 Å². The van der Waals surface area contributed by atoms with E-state index < -0.39 is 0 Å². The van der Waals surface area contributed by atoms with Crippen molar-refractivity contribution in [3.05, 3.63) is 29.6 Å². The fourth-order valence-electron chi connectivity index (χ4n) is 5.23. The second-order valence-corrected chi connectivity index (χ2v) is 6.66. The maximum Gasteiger partial charge on any atom is 0.123 e. The predicted molar refractivity (Wildman–Crippen MR) is 67.9 cm³/mol. The average Bonchev–Trinajstić information content (AvgIpc) is 2.32. The van der Waals surface area contributed by atoms with E-state index in [1.165, 1.54) is 44.2 Å². The Bertz CT molecular complexity index is 454. The van der Waals surface area contributed by atoms with Gasteiger partial charge in [-0.15, -0.1) is 0 Å². The van der Waals surface area contributed by atoms with Crippen LogP contribution in [-0.4, -0.2) is 5.11 Å². The number of phenolic OH excluding ortho intramolecular Hbond substituents is 1. The Morgan fingerprint density at radius 2 is 1.56 bits per heavy atom. The van der Waals surface area contributed by atoms with Crippen LogP contribution in [0.4, 0.5) is 4.39 Å². The molecule has 1 nitrogen and oxygen atoms in total. The van der Waals surface area contributed by atoms with Crippen molar-refractivity contribution in [2.75, 3.05) is 0 Å². The van der Waals surface area contributed by atoms with E-state index >= 15 is 0 Å². The molecule has 4 aliphatic carbocycles. The van der Waals surface area contributed by atoms with Gasteiger partial charge in [-0.3, -0.25) is 0 Å². The van der Waals surface area contributed by atoms with E-state index in [2.05, 4.69) is 0 Å². The number of hydrogen-bond acceptors (Lipinski definition) is 1. The Hall–Kier alpha value is -1.05. The van der Waals surface area contributed by atoms with E-state index in [1.54, 1.807) is 6.07 Å². The molecule has 1 aromatic rings. The Morgan fingerprint density at radius 1 is 0.944 bits per heavy atom. The van der Waals surface area contributed by atoms with Gasteiger partial charge in [0.1, 0.15) is 11.6 Å². The molecule has 96 valence electrons. The van der Waals surface area contributed by atoms with Gasteiger partial charge in [-0.25, -0.2) is 4.39 Å². The highest BCUT2D eigenvalue weighted by Gasteiger charge is 2.49. The third kappa shape index (κ3) is 1.51. The minimum atomic E-state index is -0.211. The minimum Gasteiger partial charge on any atom is -0.508 e. The fraction of sp³-hybridized carbons (Fsp3) is 0.625. The van der Waals surface area contributed by atoms with Crippen LogP contribution in [0.3, 0.4) is 0 Å². The molecule has 5 rings (SSSR count). The molecule has 0 radical (unpaired) electrons. The third-order valence-electron chi connectivity index (χ3n) is 5.58. The van der Waals surface area contributed by atoms with Gasteiger partial charge in [0.15, 0.2) is 0 Å². The average molecular weight is 246 g/mol. The number of benzene rings is 1.